The fourth-order valence-electron chi connectivity index (χ4n) is 1.73. The number of nitro benzene ring substituents is 1. The predicted octanol–water partition coefficient (Wildman–Crippen LogP) is 3.96. The Morgan fingerprint density at radius 3 is 2.75 bits per heavy atom. The van der Waals surface area contributed by atoms with Gasteiger partial charge in [-0.1, -0.05) is 11.6 Å². The van der Waals surface area contributed by atoms with Crippen LogP contribution in [0.1, 0.15) is 18.7 Å². The molecule has 0 amide bonds. The van der Waals surface area contributed by atoms with Crippen molar-refractivity contribution in [2.75, 3.05) is 5.32 Å². The maximum atomic E-state index is 12.8. The maximum Gasteiger partial charge on any atom is 0.292 e. The molecular weight excluding hydrogens is 285 g/mol. The number of benzene rings is 1. The molecule has 20 heavy (non-hydrogen) atoms. The number of nitrogens with one attached hydrogen (secondary N) is 1. The van der Waals surface area contributed by atoms with Gasteiger partial charge in [-0.25, -0.2) is 4.39 Å². The summed E-state index contributed by atoms with van der Waals surface area (Å²) in [6, 6.07) is 6.73. The first-order valence-electron chi connectivity index (χ1n) is 5.79. The largest absolute Gasteiger partial charge is 0.371 e. The van der Waals surface area contributed by atoms with E-state index >= 15 is 0 Å². The molecular formula is C13H11ClFN3O2. The number of anilines is 1. The van der Waals surface area contributed by atoms with Gasteiger partial charge in [0.1, 0.15) is 11.5 Å². The summed E-state index contributed by atoms with van der Waals surface area (Å²) in [6.45, 7) is 1.77. The van der Waals surface area contributed by atoms with Crippen molar-refractivity contribution in [3.05, 3.63) is 63.2 Å². The molecule has 0 radical (unpaired) electrons. The minimum absolute atomic E-state index is 0.0802. The normalized spacial score (nSPS) is 11.9. The fraction of sp³-hybridized carbons (Fsp3) is 0.154. The van der Waals surface area contributed by atoms with Crippen molar-refractivity contribution >= 4 is 23.0 Å². The van der Waals surface area contributed by atoms with Crippen LogP contribution in [0, 0.1) is 15.9 Å². The molecule has 2 rings (SSSR count). The maximum absolute atomic E-state index is 12.8. The van der Waals surface area contributed by atoms with Gasteiger partial charge in [0, 0.05) is 11.1 Å². The first-order valence-corrected chi connectivity index (χ1v) is 6.17. The van der Waals surface area contributed by atoms with Crippen LogP contribution in [0.2, 0.25) is 5.02 Å². The van der Waals surface area contributed by atoms with Gasteiger partial charge in [-0.3, -0.25) is 15.1 Å². The van der Waals surface area contributed by atoms with Gasteiger partial charge in [0.15, 0.2) is 0 Å². The predicted molar refractivity (Wildman–Crippen MR) is 74.3 cm³/mol. The summed E-state index contributed by atoms with van der Waals surface area (Å²) in [6.07, 6.45) is 1.10. The van der Waals surface area contributed by atoms with Crippen molar-refractivity contribution in [1.82, 2.24) is 4.98 Å². The Balaban J connectivity index is 2.27. The van der Waals surface area contributed by atoms with Crippen molar-refractivity contribution in [2.24, 2.45) is 0 Å². The van der Waals surface area contributed by atoms with Gasteiger partial charge in [0.25, 0.3) is 5.69 Å². The van der Waals surface area contributed by atoms with Crippen molar-refractivity contribution in [2.45, 2.75) is 13.0 Å². The van der Waals surface area contributed by atoms with E-state index in [1.807, 2.05) is 0 Å². The van der Waals surface area contributed by atoms with E-state index in [1.54, 1.807) is 6.92 Å². The average molecular weight is 296 g/mol. The molecule has 7 heteroatoms. The standard InChI is InChI=1S/C13H11ClFN3O2/c1-8(11-4-3-10(15)7-16-11)17-12-6-9(14)2-5-13(12)18(19)20/h2-8,17H,1H3. The zero-order valence-electron chi connectivity index (χ0n) is 10.5. The number of halogens is 2. The summed E-state index contributed by atoms with van der Waals surface area (Å²) in [5.74, 6) is -0.435. The van der Waals surface area contributed by atoms with Gasteiger partial charge >= 0.3 is 0 Å². The highest BCUT2D eigenvalue weighted by Crippen LogP contribution is 2.30. The molecule has 1 atom stereocenters. The summed E-state index contributed by atoms with van der Waals surface area (Å²) in [4.78, 5) is 14.4. The van der Waals surface area contributed by atoms with Crippen LogP contribution >= 0.6 is 11.6 Å². The molecule has 104 valence electrons. The molecule has 1 heterocycles. The zero-order valence-corrected chi connectivity index (χ0v) is 11.3. The number of rotatable bonds is 4. The van der Waals surface area contributed by atoms with E-state index < -0.39 is 10.7 Å². The lowest BCUT2D eigenvalue weighted by molar-refractivity contribution is -0.384. The third-order valence-corrected chi connectivity index (χ3v) is 2.96. The molecule has 0 aliphatic rings. The van der Waals surface area contributed by atoms with Crippen molar-refractivity contribution in [1.29, 1.82) is 0 Å². The number of aromatic nitrogens is 1. The Hall–Kier alpha value is -2.21. The number of nitrogens with zero attached hydrogens (tertiary/aromatic N) is 2. The first-order chi connectivity index (χ1) is 9.47. The average Bonchev–Trinajstić information content (AvgIpc) is 2.39. The van der Waals surface area contributed by atoms with Crippen molar-refractivity contribution in [3.63, 3.8) is 0 Å². The van der Waals surface area contributed by atoms with E-state index in [1.165, 1.54) is 30.3 Å². The molecule has 1 unspecified atom stereocenters. The minimum Gasteiger partial charge on any atom is -0.371 e. The molecule has 0 saturated carbocycles. The molecule has 0 spiro atoms. The number of hydrogen-bond donors (Lipinski definition) is 1. The Bertz CT molecular complexity index is 634. The molecule has 1 aromatic heterocycles. The molecule has 0 fully saturated rings. The van der Waals surface area contributed by atoms with Gasteiger partial charge in [-0.2, -0.15) is 0 Å². The number of pyridine rings is 1. The Morgan fingerprint density at radius 2 is 2.15 bits per heavy atom. The highest BCUT2D eigenvalue weighted by molar-refractivity contribution is 6.31. The molecule has 0 aliphatic carbocycles. The topological polar surface area (TPSA) is 68.1 Å². The lowest BCUT2D eigenvalue weighted by atomic mass is 10.2. The van der Waals surface area contributed by atoms with E-state index in [-0.39, 0.29) is 11.7 Å². The van der Waals surface area contributed by atoms with Crippen molar-refractivity contribution in [3.8, 4) is 0 Å². The third kappa shape index (κ3) is 3.21. The summed E-state index contributed by atoms with van der Waals surface area (Å²) in [5, 5.41) is 14.3. The van der Waals surface area contributed by atoms with E-state index in [0.29, 0.717) is 16.4 Å². The molecule has 0 bridgehead atoms. The van der Waals surface area contributed by atoms with Gasteiger partial charge in [-0.05, 0) is 31.2 Å². The van der Waals surface area contributed by atoms with Gasteiger partial charge in [-0.15, -0.1) is 0 Å². The summed E-state index contributed by atoms with van der Waals surface area (Å²) >= 11 is 5.84. The second-order valence-electron chi connectivity index (χ2n) is 4.19. The van der Waals surface area contributed by atoms with Crippen LogP contribution < -0.4 is 5.32 Å². The molecule has 0 aliphatic heterocycles. The monoisotopic (exact) mass is 295 g/mol. The van der Waals surface area contributed by atoms with Crippen LogP contribution in [0.3, 0.4) is 0 Å². The third-order valence-electron chi connectivity index (χ3n) is 2.72. The highest BCUT2D eigenvalue weighted by Gasteiger charge is 2.17. The van der Waals surface area contributed by atoms with E-state index in [4.69, 9.17) is 11.6 Å². The number of nitro groups is 1. The Labute approximate surface area is 119 Å². The summed E-state index contributed by atoms with van der Waals surface area (Å²) < 4.78 is 12.8. The molecule has 2 aromatic rings. The highest BCUT2D eigenvalue weighted by atomic mass is 35.5. The fourth-order valence-corrected chi connectivity index (χ4v) is 1.91. The van der Waals surface area contributed by atoms with Crippen LogP contribution in [-0.2, 0) is 0 Å². The smallest absolute Gasteiger partial charge is 0.292 e. The minimum atomic E-state index is -0.497. The summed E-state index contributed by atoms with van der Waals surface area (Å²) in [5.41, 5.74) is 0.783. The van der Waals surface area contributed by atoms with Crippen molar-refractivity contribution < 1.29 is 9.31 Å². The Morgan fingerprint density at radius 1 is 1.40 bits per heavy atom. The van der Waals surface area contributed by atoms with E-state index in [2.05, 4.69) is 10.3 Å². The SMILES string of the molecule is CC(Nc1cc(Cl)ccc1[N+](=O)[O-])c1ccc(F)cn1. The second-order valence-corrected chi connectivity index (χ2v) is 4.62. The van der Waals surface area contributed by atoms with Gasteiger partial charge < -0.3 is 5.32 Å². The number of hydrogen-bond acceptors (Lipinski definition) is 4. The van der Waals surface area contributed by atoms with Crippen LogP contribution in [0.15, 0.2) is 36.5 Å². The van der Waals surface area contributed by atoms with Gasteiger partial charge in [0.05, 0.1) is 22.9 Å². The van der Waals surface area contributed by atoms with Crippen LogP contribution in [0.5, 0.6) is 0 Å². The molecule has 1 aromatic carbocycles. The second kappa shape index (κ2) is 5.83. The lowest BCUT2D eigenvalue weighted by Gasteiger charge is -2.15. The van der Waals surface area contributed by atoms with E-state index in [0.717, 1.165) is 6.20 Å². The van der Waals surface area contributed by atoms with Crippen LogP contribution in [0.4, 0.5) is 15.8 Å². The lowest BCUT2D eigenvalue weighted by Crippen LogP contribution is -2.10. The van der Waals surface area contributed by atoms with Crippen LogP contribution in [0.25, 0.3) is 0 Å². The molecule has 0 saturated heterocycles. The molecule has 5 nitrogen and oxygen atoms in total. The zero-order chi connectivity index (χ0) is 14.7. The van der Waals surface area contributed by atoms with E-state index in [9.17, 15) is 14.5 Å². The quantitative estimate of drug-likeness (QED) is 0.685. The summed E-state index contributed by atoms with van der Waals surface area (Å²) in [7, 11) is 0. The first kappa shape index (κ1) is 14.2. The molecule has 1 N–H and O–H groups in total. The Kier molecular flexibility index (Phi) is 4.14. The van der Waals surface area contributed by atoms with Gasteiger partial charge in [0.2, 0.25) is 0 Å². The van der Waals surface area contributed by atoms with Crippen LogP contribution in [-0.4, -0.2) is 9.91 Å².